The van der Waals surface area contributed by atoms with Crippen molar-refractivity contribution in [2.75, 3.05) is 47.6 Å². The van der Waals surface area contributed by atoms with E-state index in [4.69, 9.17) is 18.9 Å². The van der Waals surface area contributed by atoms with Crippen LogP contribution in [0.5, 0.6) is 17.2 Å². The predicted molar refractivity (Wildman–Crippen MR) is 133 cm³/mol. The smallest absolute Gasteiger partial charge is 0.166 e. The molecule has 1 aliphatic heterocycles. The zero-order chi connectivity index (χ0) is 23.9. The fourth-order valence-electron chi connectivity index (χ4n) is 4.59. The lowest BCUT2D eigenvalue weighted by atomic mass is 9.88. The number of rotatable bonds is 10. The maximum absolute atomic E-state index is 13.1. The Morgan fingerprint density at radius 2 is 1.65 bits per heavy atom. The number of carbonyl (C=O) groups is 1. The zero-order valence-electron chi connectivity index (χ0n) is 20.2. The topological polar surface area (TPSA) is 57.2 Å². The van der Waals surface area contributed by atoms with E-state index in [0.717, 1.165) is 49.0 Å². The van der Waals surface area contributed by atoms with Gasteiger partial charge in [-0.3, -0.25) is 4.79 Å². The number of ether oxygens (including phenoxy) is 4. The molecule has 1 unspecified atom stereocenters. The van der Waals surface area contributed by atoms with E-state index in [1.165, 1.54) is 0 Å². The minimum absolute atomic E-state index is 0.0160. The van der Waals surface area contributed by atoms with Crippen LogP contribution in [0.25, 0.3) is 10.8 Å². The number of fused-ring (bicyclic) bond motifs is 1. The molecule has 0 aliphatic carbocycles. The summed E-state index contributed by atoms with van der Waals surface area (Å²) < 4.78 is 22.5. The second kappa shape index (κ2) is 11.4. The summed E-state index contributed by atoms with van der Waals surface area (Å²) >= 11 is 0. The first-order chi connectivity index (χ1) is 16.6. The van der Waals surface area contributed by atoms with Crippen molar-refractivity contribution in [3.63, 3.8) is 0 Å². The maximum atomic E-state index is 13.1. The maximum Gasteiger partial charge on any atom is 0.166 e. The van der Waals surface area contributed by atoms with Gasteiger partial charge in [-0.15, -0.1) is 0 Å². The number of ketones is 1. The lowest BCUT2D eigenvalue weighted by molar-refractivity contribution is 0.0215. The molecule has 0 aromatic heterocycles. The van der Waals surface area contributed by atoms with Gasteiger partial charge in [0.15, 0.2) is 17.3 Å². The third-order valence-electron chi connectivity index (χ3n) is 6.60. The van der Waals surface area contributed by atoms with Crippen LogP contribution in [-0.2, 0) is 4.74 Å². The van der Waals surface area contributed by atoms with Crippen molar-refractivity contribution < 1.29 is 23.7 Å². The average Bonchev–Trinajstić information content (AvgIpc) is 2.90. The fourth-order valence-corrected chi connectivity index (χ4v) is 4.59. The predicted octanol–water partition coefficient (Wildman–Crippen LogP) is 4.85. The van der Waals surface area contributed by atoms with Crippen molar-refractivity contribution >= 4 is 16.6 Å². The lowest BCUT2D eigenvalue weighted by Gasteiger charge is -2.33. The SMILES string of the molecule is COc1ccc(C(=O)C2CCN(CC(COc3cccc4ccccc34)OC)CC2)cc1OC. The van der Waals surface area contributed by atoms with Gasteiger partial charge in [0, 0.05) is 30.5 Å². The highest BCUT2D eigenvalue weighted by atomic mass is 16.5. The highest BCUT2D eigenvalue weighted by Gasteiger charge is 2.27. The quantitative estimate of drug-likeness (QED) is 0.401. The van der Waals surface area contributed by atoms with Crippen molar-refractivity contribution in [2.45, 2.75) is 18.9 Å². The summed E-state index contributed by atoms with van der Waals surface area (Å²) in [6.07, 6.45) is 1.61. The molecule has 180 valence electrons. The number of likely N-dealkylation sites (tertiary alicyclic amines) is 1. The van der Waals surface area contributed by atoms with Gasteiger partial charge in [-0.05, 0) is 55.6 Å². The molecule has 4 rings (SSSR count). The second-order valence-electron chi connectivity index (χ2n) is 8.65. The van der Waals surface area contributed by atoms with Crippen molar-refractivity contribution in [1.82, 2.24) is 4.90 Å². The van der Waals surface area contributed by atoms with E-state index in [-0.39, 0.29) is 17.8 Å². The van der Waals surface area contributed by atoms with Gasteiger partial charge < -0.3 is 23.8 Å². The summed E-state index contributed by atoms with van der Waals surface area (Å²) in [5.74, 6) is 2.27. The normalized spacial score (nSPS) is 15.7. The van der Waals surface area contributed by atoms with Crippen LogP contribution < -0.4 is 14.2 Å². The molecule has 34 heavy (non-hydrogen) atoms. The molecule has 1 fully saturated rings. The van der Waals surface area contributed by atoms with E-state index < -0.39 is 0 Å². The van der Waals surface area contributed by atoms with Gasteiger partial charge >= 0.3 is 0 Å². The number of Topliss-reactive ketones (excluding diaryl/α,β-unsaturated/α-hetero) is 1. The summed E-state index contributed by atoms with van der Waals surface area (Å²) in [6, 6.07) is 19.7. The van der Waals surface area contributed by atoms with Gasteiger partial charge in [-0.1, -0.05) is 36.4 Å². The van der Waals surface area contributed by atoms with Gasteiger partial charge in [-0.25, -0.2) is 0 Å². The van der Waals surface area contributed by atoms with Crippen LogP contribution in [0.3, 0.4) is 0 Å². The summed E-state index contributed by atoms with van der Waals surface area (Å²) in [5, 5.41) is 2.27. The molecule has 0 spiro atoms. The Bertz CT molecular complexity index is 1100. The Morgan fingerprint density at radius 3 is 2.38 bits per heavy atom. The fraction of sp³-hybridized carbons (Fsp3) is 0.393. The van der Waals surface area contributed by atoms with E-state index in [0.29, 0.717) is 23.7 Å². The second-order valence-corrected chi connectivity index (χ2v) is 8.65. The first-order valence-electron chi connectivity index (χ1n) is 11.7. The molecule has 0 saturated carbocycles. The third kappa shape index (κ3) is 5.51. The van der Waals surface area contributed by atoms with Crippen molar-refractivity contribution in [3.05, 3.63) is 66.2 Å². The average molecular weight is 464 g/mol. The molecular formula is C28H33NO5. The molecule has 3 aromatic rings. The minimum atomic E-state index is -0.0444. The largest absolute Gasteiger partial charge is 0.493 e. The number of piperidine rings is 1. The molecule has 1 atom stereocenters. The molecular weight excluding hydrogens is 430 g/mol. The monoisotopic (exact) mass is 463 g/mol. The van der Waals surface area contributed by atoms with Gasteiger partial charge in [0.2, 0.25) is 0 Å². The molecule has 6 heteroatoms. The molecule has 1 aliphatic rings. The summed E-state index contributed by atoms with van der Waals surface area (Å²) in [6.45, 7) is 2.98. The number of methoxy groups -OCH3 is 3. The van der Waals surface area contributed by atoms with E-state index in [2.05, 4.69) is 23.1 Å². The lowest BCUT2D eigenvalue weighted by Crippen LogP contribution is -2.42. The van der Waals surface area contributed by atoms with Crippen molar-refractivity contribution in [1.29, 1.82) is 0 Å². The highest BCUT2D eigenvalue weighted by molar-refractivity contribution is 5.98. The summed E-state index contributed by atoms with van der Waals surface area (Å²) in [4.78, 5) is 15.4. The van der Waals surface area contributed by atoms with Gasteiger partial charge in [-0.2, -0.15) is 0 Å². The van der Waals surface area contributed by atoms with Crippen LogP contribution in [0, 0.1) is 5.92 Å². The van der Waals surface area contributed by atoms with Crippen LogP contribution in [0.2, 0.25) is 0 Å². The molecule has 1 heterocycles. The first-order valence-corrected chi connectivity index (χ1v) is 11.7. The number of nitrogens with zero attached hydrogens (tertiary/aromatic N) is 1. The Hall–Kier alpha value is -3.09. The Labute approximate surface area is 201 Å². The Balaban J connectivity index is 1.30. The van der Waals surface area contributed by atoms with Crippen LogP contribution in [0.1, 0.15) is 23.2 Å². The van der Waals surface area contributed by atoms with Crippen molar-refractivity contribution in [2.24, 2.45) is 5.92 Å². The van der Waals surface area contributed by atoms with E-state index in [9.17, 15) is 4.79 Å². The third-order valence-corrected chi connectivity index (χ3v) is 6.60. The molecule has 0 amide bonds. The molecule has 0 bridgehead atoms. The van der Waals surface area contributed by atoms with Crippen LogP contribution >= 0.6 is 0 Å². The Kier molecular flexibility index (Phi) is 8.03. The van der Waals surface area contributed by atoms with E-state index in [1.54, 1.807) is 33.5 Å². The highest BCUT2D eigenvalue weighted by Crippen LogP contribution is 2.30. The number of hydrogen-bond acceptors (Lipinski definition) is 6. The molecule has 1 saturated heterocycles. The number of benzene rings is 3. The van der Waals surface area contributed by atoms with Crippen LogP contribution in [0.4, 0.5) is 0 Å². The van der Waals surface area contributed by atoms with Gasteiger partial charge in [0.05, 0.1) is 14.2 Å². The molecule has 0 N–H and O–H groups in total. The zero-order valence-corrected chi connectivity index (χ0v) is 20.2. The van der Waals surface area contributed by atoms with Gasteiger partial charge in [0.1, 0.15) is 18.5 Å². The van der Waals surface area contributed by atoms with Crippen LogP contribution in [-0.4, -0.2) is 64.4 Å². The van der Waals surface area contributed by atoms with Crippen LogP contribution in [0.15, 0.2) is 60.7 Å². The van der Waals surface area contributed by atoms with E-state index >= 15 is 0 Å². The molecule has 3 aromatic carbocycles. The summed E-state index contributed by atoms with van der Waals surface area (Å²) in [5.41, 5.74) is 0.675. The number of carbonyl (C=O) groups excluding carboxylic acids is 1. The first kappa shape index (κ1) is 24.0. The molecule has 0 radical (unpaired) electrons. The van der Waals surface area contributed by atoms with Crippen molar-refractivity contribution in [3.8, 4) is 17.2 Å². The number of hydrogen-bond donors (Lipinski definition) is 0. The minimum Gasteiger partial charge on any atom is -0.493 e. The Morgan fingerprint density at radius 1 is 0.912 bits per heavy atom. The van der Waals surface area contributed by atoms with E-state index in [1.807, 2.05) is 30.3 Å². The van der Waals surface area contributed by atoms with Gasteiger partial charge in [0.25, 0.3) is 0 Å². The standard InChI is InChI=1S/C28H33NO5/c1-31-23(19-34-25-10-6-8-20-7-4-5-9-24(20)25)18-29-15-13-21(14-16-29)28(30)22-11-12-26(32-2)27(17-22)33-3/h4-12,17,21,23H,13-16,18-19H2,1-3H3. The molecule has 6 nitrogen and oxygen atoms in total. The summed E-state index contributed by atoms with van der Waals surface area (Å²) in [7, 11) is 4.90.